The molecule has 4 heteroatoms. The molecule has 0 aromatic carbocycles. The normalized spacial score (nSPS) is 22.4. The van der Waals surface area contributed by atoms with Crippen molar-refractivity contribution >= 4 is 21.9 Å². The monoisotopic (exact) mass is 291 g/mol. The lowest BCUT2D eigenvalue weighted by Crippen LogP contribution is -2.40. The number of esters is 1. The Kier molecular flexibility index (Phi) is 5.25. The summed E-state index contributed by atoms with van der Waals surface area (Å²) in [7, 11) is 0. The van der Waals surface area contributed by atoms with Crippen molar-refractivity contribution in [1.82, 2.24) is 4.90 Å². The van der Waals surface area contributed by atoms with Crippen LogP contribution in [0.25, 0.3) is 0 Å². The molecule has 0 aliphatic carbocycles. The SMILES string of the molecule is CC(C)(C)OC(=O)[C@@H]1CCCN1CCCBr. The van der Waals surface area contributed by atoms with E-state index in [-0.39, 0.29) is 17.6 Å². The molecule has 0 aromatic rings. The van der Waals surface area contributed by atoms with Gasteiger partial charge in [0.25, 0.3) is 0 Å². The van der Waals surface area contributed by atoms with Crippen LogP contribution in [0.3, 0.4) is 0 Å². The van der Waals surface area contributed by atoms with Gasteiger partial charge in [0.2, 0.25) is 0 Å². The summed E-state index contributed by atoms with van der Waals surface area (Å²) in [6.07, 6.45) is 3.13. The summed E-state index contributed by atoms with van der Waals surface area (Å²) in [6, 6.07) is -0.0155. The van der Waals surface area contributed by atoms with Gasteiger partial charge in [-0.25, -0.2) is 0 Å². The molecule has 1 fully saturated rings. The standard InChI is InChI=1S/C12H22BrNO2/c1-12(2,3)16-11(15)10-6-4-8-14(10)9-5-7-13/h10H,4-9H2,1-3H3/t10-/m0/s1. The Morgan fingerprint density at radius 2 is 2.19 bits per heavy atom. The Morgan fingerprint density at radius 1 is 1.50 bits per heavy atom. The maximum Gasteiger partial charge on any atom is 0.323 e. The molecule has 0 radical (unpaired) electrons. The molecule has 1 aliphatic heterocycles. The van der Waals surface area contributed by atoms with Crippen LogP contribution in [0.4, 0.5) is 0 Å². The van der Waals surface area contributed by atoms with Crippen LogP contribution < -0.4 is 0 Å². The van der Waals surface area contributed by atoms with E-state index < -0.39 is 0 Å². The minimum Gasteiger partial charge on any atom is -0.459 e. The van der Waals surface area contributed by atoms with E-state index in [1.807, 2.05) is 20.8 Å². The average molecular weight is 292 g/mol. The zero-order chi connectivity index (χ0) is 12.2. The van der Waals surface area contributed by atoms with Gasteiger partial charge in [0, 0.05) is 5.33 Å². The van der Waals surface area contributed by atoms with Crippen molar-refractivity contribution in [2.24, 2.45) is 0 Å². The lowest BCUT2D eigenvalue weighted by atomic mass is 10.1. The van der Waals surface area contributed by atoms with Crippen molar-refractivity contribution < 1.29 is 9.53 Å². The molecule has 0 unspecified atom stereocenters. The van der Waals surface area contributed by atoms with Crippen molar-refractivity contribution in [3.8, 4) is 0 Å². The third kappa shape index (κ3) is 4.42. The predicted octanol–water partition coefficient (Wildman–Crippen LogP) is 2.58. The van der Waals surface area contributed by atoms with E-state index >= 15 is 0 Å². The third-order valence-corrected chi connectivity index (χ3v) is 3.18. The minimum atomic E-state index is -0.374. The van der Waals surface area contributed by atoms with E-state index in [0.29, 0.717) is 0 Å². The van der Waals surface area contributed by atoms with Gasteiger partial charge >= 0.3 is 5.97 Å². The number of carbonyl (C=O) groups excluding carboxylic acids is 1. The largest absolute Gasteiger partial charge is 0.459 e. The van der Waals surface area contributed by atoms with Crippen molar-refractivity contribution in [2.45, 2.75) is 51.7 Å². The Hall–Kier alpha value is -0.0900. The predicted molar refractivity (Wildman–Crippen MR) is 68.9 cm³/mol. The molecule has 16 heavy (non-hydrogen) atoms. The number of ether oxygens (including phenoxy) is 1. The molecule has 1 saturated heterocycles. The highest BCUT2D eigenvalue weighted by Crippen LogP contribution is 2.21. The zero-order valence-electron chi connectivity index (χ0n) is 10.5. The van der Waals surface area contributed by atoms with Crippen molar-refractivity contribution in [1.29, 1.82) is 0 Å². The summed E-state index contributed by atoms with van der Waals surface area (Å²) in [5.74, 6) is -0.0560. The average Bonchev–Trinajstić information content (AvgIpc) is 2.59. The molecule has 3 nitrogen and oxygen atoms in total. The van der Waals surface area contributed by atoms with E-state index in [9.17, 15) is 4.79 Å². The Balaban J connectivity index is 2.47. The van der Waals surface area contributed by atoms with Gasteiger partial charge in [-0.05, 0) is 53.1 Å². The van der Waals surface area contributed by atoms with Crippen molar-refractivity contribution in [3.63, 3.8) is 0 Å². The second-order valence-corrected chi connectivity index (χ2v) is 6.06. The van der Waals surface area contributed by atoms with E-state index in [4.69, 9.17) is 4.74 Å². The molecule has 1 rings (SSSR count). The molecular weight excluding hydrogens is 270 g/mol. The summed E-state index contributed by atoms with van der Waals surface area (Å²) in [4.78, 5) is 14.2. The zero-order valence-corrected chi connectivity index (χ0v) is 12.0. The highest BCUT2D eigenvalue weighted by molar-refractivity contribution is 9.09. The first kappa shape index (κ1) is 14.0. The lowest BCUT2D eigenvalue weighted by molar-refractivity contribution is -0.160. The number of likely N-dealkylation sites (tertiary alicyclic amines) is 1. The highest BCUT2D eigenvalue weighted by atomic mass is 79.9. The topological polar surface area (TPSA) is 29.5 Å². The maximum absolute atomic E-state index is 12.0. The molecule has 0 spiro atoms. The van der Waals surface area contributed by atoms with Crippen molar-refractivity contribution in [2.75, 3.05) is 18.4 Å². The summed E-state index contributed by atoms with van der Waals surface area (Å²) >= 11 is 3.42. The smallest absolute Gasteiger partial charge is 0.323 e. The molecule has 0 saturated carbocycles. The molecule has 0 aromatic heterocycles. The summed E-state index contributed by atoms with van der Waals surface area (Å²) in [6.45, 7) is 7.76. The number of hydrogen-bond acceptors (Lipinski definition) is 3. The first-order valence-electron chi connectivity index (χ1n) is 5.97. The lowest BCUT2D eigenvalue weighted by Gasteiger charge is -2.27. The van der Waals surface area contributed by atoms with Gasteiger partial charge in [-0.3, -0.25) is 9.69 Å². The van der Waals surface area contributed by atoms with Crippen LogP contribution in [0.5, 0.6) is 0 Å². The molecule has 1 aliphatic rings. The van der Waals surface area contributed by atoms with E-state index in [2.05, 4.69) is 20.8 Å². The Labute approximate surface area is 107 Å². The number of carbonyl (C=O) groups is 1. The van der Waals surface area contributed by atoms with Gasteiger partial charge in [-0.1, -0.05) is 15.9 Å². The number of hydrogen-bond donors (Lipinski definition) is 0. The quantitative estimate of drug-likeness (QED) is 0.589. The van der Waals surface area contributed by atoms with Gasteiger partial charge < -0.3 is 4.74 Å². The highest BCUT2D eigenvalue weighted by Gasteiger charge is 2.33. The Bertz CT molecular complexity index is 238. The summed E-state index contributed by atoms with van der Waals surface area (Å²) in [5.41, 5.74) is -0.374. The fourth-order valence-electron chi connectivity index (χ4n) is 1.99. The van der Waals surface area contributed by atoms with E-state index in [1.165, 1.54) is 0 Å². The molecule has 0 N–H and O–H groups in total. The fraction of sp³-hybridized carbons (Fsp3) is 0.917. The second-order valence-electron chi connectivity index (χ2n) is 5.27. The number of rotatable bonds is 4. The number of alkyl halides is 1. The van der Waals surface area contributed by atoms with Crippen LogP contribution in [-0.2, 0) is 9.53 Å². The Morgan fingerprint density at radius 3 is 2.75 bits per heavy atom. The summed E-state index contributed by atoms with van der Waals surface area (Å²) < 4.78 is 5.44. The van der Waals surface area contributed by atoms with Crippen LogP contribution in [-0.4, -0.2) is 40.9 Å². The van der Waals surface area contributed by atoms with Gasteiger partial charge in [-0.15, -0.1) is 0 Å². The van der Waals surface area contributed by atoms with Crippen LogP contribution in [0.2, 0.25) is 0 Å². The molecule has 0 bridgehead atoms. The second kappa shape index (κ2) is 6.01. The fourth-order valence-corrected chi connectivity index (χ4v) is 2.24. The first-order valence-corrected chi connectivity index (χ1v) is 7.09. The van der Waals surface area contributed by atoms with Gasteiger partial charge in [-0.2, -0.15) is 0 Å². The van der Waals surface area contributed by atoms with Gasteiger partial charge in [0.05, 0.1) is 0 Å². The third-order valence-electron chi connectivity index (χ3n) is 2.62. The molecule has 1 atom stereocenters. The summed E-state index contributed by atoms with van der Waals surface area (Å²) in [5, 5.41) is 0.991. The van der Waals surface area contributed by atoms with Crippen LogP contribution >= 0.6 is 15.9 Å². The number of nitrogens with zero attached hydrogens (tertiary/aromatic N) is 1. The molecular formula is C12H22BrNO2. The van der Waals surface area contributed by atoms with Crippen LogP contribution in [0.1, 0.15) is 40.0 Å². The van der Waals surface area contributed by atoms with Crippen LogP contribution in [0, 0.1) is 0 Å². The van der Waals surface area contributed by atoms with Crippen LogP contribution in [0.15, 0.2) is 0 Å². The number of halogens is 1. The molecule has 1 heterocycles. The maximum atomic E-state index is 12.0. The van der Waals surface area contributed by atoms with E-state index in [0.717, 1.165) is 37.7 Å². The van der Waals surface area contributed by atoms with Gasteiger partial charge in [0.1, 0.15) is 11.6 Å². The van der Waals surface area contributed by atoms with Gasteiger partial charge in [0.15, 0.2) is 0 Å². The van der Waals surface area contributed by atoms with E-state index in [1.54, 1.807) is 0 Å². The van der Waals surface area contributed by atoms with Crippen molar-refractivity contribution in [3.05, 3.63) is 0 Å². The minimum absolute atomic E-state index is 0.0155. The first-order chi connectivity index (χ1) is 7.44. The molecule has 0 amide bonds. The molecule has 94 valence electrons.